The summed E-state index contributed by atoms with van der Waals surface area (Å²) in [6.07, 6.45) is 2.90. The van der Waals surface area contributed by atoms with Gasteiger partial charge in [-0.05, 0) is 30.5 Å². The van der Waals surface area contributed by atoms with Crippen molar-refractivity contribution in [1.82, 2.24) is 76.3 Å². The highest BCUT2D eigenvalue weighted by Crippen LogP contribution is 2.41. The number of thiazole rings is 6. The van der Waals surface area contributed by atoms with Gasteiger partial charge in [-0.25, -0.2) is 39.9 Å². The van der Waals surface area contributed by atoms with E-state index in [1.807, 2.05) is 13.8 Å². The van der Waals surface area contributed by atoms with Crippen molar-refractivity contribution < 1.29 is 48.5 Å². The number of aliphatic carboxylic acids is 1. The number of hydrogen-bond acceptors (Lipinski definition) is 23. The van der Waals surface area contributed by atoms with Gasteiger partial charge in [-0.15, -0.1) is 68.0 Å². The number of carboxylic acid groups (broad SMARTS) is 1. The molecule has 4 atom stereocenters. The van der Waals surface area contributed by atoms with Crippen molar-refractivity contribution in [2.24, 2.45) is 5.92 Å². The minimum absolute atomic E-state index is 0.00364. The van der Waals surface area contributed by atoms with Crippen LogP contribution in [-0.4, -0.2) is 123 Å². The molecule has 8 N–H and O–H groups in total. The Labute approximate surface area is 501 Å². The fourth-order valence-electron chi connectivity index (χ4n) is 8.50. The van der Waals surface area contributed by atoms with Gasteiger partial charge >= 0.3 is 5.97 Å². The number of aliphatic hydroxyl groups is 1. The molecule has 1 aliphatic heterocycles. The lowest BCUT2D eigenvalue weighted by molar-refractivity contribution is -0.135. The van der Waals surface area contributed by atoms with Crippen molar-refractivity contribution in [1.29, 1.82) is 0 Å². The quantitative estimate of drug-likeness (QED) is 0.0664. The van der Waals surface area contributed by atoms with Crippen LogP contribution in [0.3, 0.4) is 0 Å². The van der Waals surface area contributed by atoms with Crippen LogP contribution in [-0.2, 0) is 25.7 Å². The predicted octanol–water partition coefficient (Wildman–Crippen LogP) is 6.31. The third kappa shape index (κ3) is 13.0. The average molecular weight is 1250 g/mol. The summed E-state index contributed by atoms with van der Waals surface area (Å²) in [5.74, 6) is -4.65. The van der Waals surface area contributed by atoms with E-state index in [1.165, 1.54) is 76.6 Å². The molecule has 9 heterocycles. The Balaban J connectivity index is 1.05. The number of fused-ring (bicyclic) bond motifs is 14. The molecule has 10 rings (SSSR count). The Kier molecular flexibility index (Phi) is 17.9. The van der Waals surface area contributed by atoms with Crippen molar-refractivity contribution in [3.8, 4) is 48.4 Å². The number of aromatic nitrogens is 9. The average Bonchev–Trinajstić information content (AvgIpc) is 4.56. The third-order valence-corrected chi connectivity index (χ3v) is 18.6. The number of carbonyl (C=O) groups excluding carboxylic acids is 6. The molecule has 1 aromatic carbocycles. The molecule has 0 saturated heterocycles. The molecule has 84 heavy (non-hydrogen) atoms. The van der Waals surface area contributed by atoms with Crippen LogP contribution in [0.5, 0.6) is 0 Å². The predicted molar refractivity (Wildman–Crippen MR) is 314 cm³/mol. The number of nitrogens with one attached hydrogen (secondary N) is 6. The maximum absolute atomic E-state index is 14.3. The van der Waals surface area contributed by atoms with E-state index in [1.54, 1.807) is 71.7 Å². The van der Waals surface area contributed by atoms with Crippen molar-refractivity contribution >= 4 is 109 Å². The summed E-state index contributed by atoms with van der Waals surface area (Å²) in [6.45, 7) is 4.35. The van der Waals surface area contributed by atoms with Crippen LogP contribution in [0.25, 0.3) is 48.4 Å². The number of ether oxygens (including phenoxy) is 1. The monoisotopic (exact) mass is 1250 g/mol. The largest absolute Gasteiger partial charge is 0.480 e. The van der Waals surface area contributed by atoms with Crippen LogP contribution in [0.4, 0.5) is 0 Å². The Morgan fingerprint density at radius 1 is 0.762 bits per heavy atom. The first-order valence-electron chi connectivity index (χ1n) is 25.4. The van der Waals surface area contributed by atoms with Gasteiger partial charge < -0.3 is 46.9 Å². The minimum Gasteiger partial charge on any atom is -0.480 e. The van der Waals surface area contributed by atoms with Crippen molar-refractivity contribution in [3.05, 3.63) is 130 Å². The van der Waals surface area contributed by atoms with E-state index in [0.717, 1.165) is 22.7 Å². The number of hydrogen-bond donors (Lipinski definition) is 8. The standard InChI is InChI=1S/C53H49N15O10S6/c1-23(2)38-53-67-41(33(84-53)18-78-5)46(76)55-15-36(70)64-42(43(73)25-9-7-6-8-10-25)52-62-31(20-80-52)49-57-14-32(83-49)40-26(11-12-27(59-40)50-63-34(21-81-50)68-17-29(58-22-68)44(74)56-16-37(71)72)48-61-30(19-79-48)45(75)60-28(13-35(69)54-4)51-66-39(24(3)82-51)47(77)65-38/h6-12,14,17,19-23,28,38,42-43,73H,13,15-16,18H2,1-5H3,(H,54,69)(H,55,76)(H,56,74)(H,60,75)(H,64,70)(H,65,77)(H,71,72)/t28-,38-,42-,43-/m0/s1. The molecule has 0 spiro atoms. The number of carbonyl (C=O) groups is 7. The van der Waals surface area contributed by atoms with Crippen molar-refractivity contribution in [2.45, 2.75) is 58.0 Å². The minimum atomic E-state index is -1.29. The van der Waals surface area contributed by atoms with Gasteiger partial charge in [0.15, 0.2) is 0 Å². The van der Waals surface area contributed by atoms with Gasteiger partial charge in [-0.1, -0.05) is 44.2 Å². The lowest BCUT2D eigenvalue weighted by Gasteiger charge is -2.23. The normalized spacial score (nSPS) is 16.2. The molecule has 8 aromatic heterocycles. The molecule has 10 bridgehead atoms. The summed E-state index contributed by atoms with van der Waals surface area (Å²) in [6, 6.07) is 9.45. The lowest BCUT2D eigenvalue weighted by Crippen LogP contribution is -2.40. The number of benzene rings is 1. The molecular formula is C53H49N15O10S6. The maximum Gasteiger partial charge on any atom is 0.322 e. The van der Waals surface area contributed by atoms with Gasteiger partial charge in [-0.3, -0.25) is 38.1 Å². The number of methoxy groups -OCH3 is 1. The zero-order valence-electron chi connectivity index (χ0n) is 44.9. The van der Waals surface area contributed by atoms with Gasteiger partial charge in [-0.2, -0.15) is 0 Å². The molecule has 0 unspecified atom stereocenters. The summed E-state index contributed by atoms with van der Waals surface area (Å²) in [5, 5.41) is 44.7. The van der Waals surface area contributed by atoms with Gasteiger partial charge in [0.2, 0.25) is 11.8 Å². The summed E-state index contributed by atoms with van der Waals surface area (Å²) >= 11 is 7.15. The van der Waals surface area contributed by atoms with Crippen molar-refractivity contribution in [2.75, 3.05) is 27.2 Å². The highest BCUT2D eigenvalue weighted by atomic mass is 32.1. The summed E-state index contributed by atoms with van der Waals surface area (Å²) in [5.41, 5.74) is 2.32. The number of nitrogens with zero attached hydrogens (tertiary/aromatic N) is 9. The number of amides is 6. The van der Waals surface area contributed by atoms with E-state index in [2.05, 4.69) is 46.9 Å². The SMILES string of the molecule is CNC(=O)C[C@@H]1NC(=O)c2csc(n2)-c2ccc(-c3nc(-n4cnc(C(=O)NCC(=O)O)c4)cs3)nc2-c2cnc(s2)-c2csc(n2)[C@H]([C@@H](O)c2ccccc2)NC(=O)CNC(=O)c2nc(sc2COC)[C@H](C(C)C)NC(=O)c2nc1sc2C. The fraction of sp³-hybridized carbons (Fsp3) is 0.264. The van der Waals surface area contributed by atoms with E-state index in [9.17, 15) is 38.7 Å². The van der Waals surface area contributed by atoms with E-state index >= 15 is 0 Å². The first-order valence-corrected chi connectivity index (χ1v) is 30.5. The van der Waals surface area contributed by atoms with Gasteiger partial charge in [0.05, 0.1) is 52.8 Å². The second kappa shape index (κ2) is 25.6. The van der Waals surface area contributed by atoms with E-state index < -0.39 is 78.7 Å². The highest BCUT2D eigenvalue weighted by Gasteiger charge is 2.33. The smallest absolute Gasteiger partial charge is 0.322 e. The van der Waals surface area contributed by atoms with Crippen LogP contribution < -0.4 is 31.9 Å². The number of rotatable bonds is 12. The number of pyridine rings is 1. The second-order valence-corrected chi connectivity index (χ2v) is 24.9. The van der Waals surface area contributed by atoms with Crippen LogP contribution in [0.1, 0.15) is 117 Å². The van der Waals surface area contributed by atoms with E-state index in [4.69, 9.17) is 34.8 Å². The van der Waals surface area contributed by atoms with Gasteiger partial charge in [0.1, 0.15) is 89.4 Å². The first-order chi connectivity index (χ1) is 40.4. The Morgan fingerprint density at radius 2 is 1.54 bits per heavy atom. The summed E-state index contributed by atoms with van der Waals surface area (Å²) in [7, 11) is 2.93. The molecule has 0 saturated carbocycles. The molecule has 25 nitrogen and oxygen atoms in total. The molecule has 0 fully saturated rings. The van der Waals surface area contributed by atoms with Gasteiger partial charge in [0.25, 0.3) is 23.6 Å². The summed E-state index contributed by atoms with van der Waals surface area (Å²) < 4.78 is 6.96. The molecule has 9 aromatic rings. The first kappa shape index (κ1) is 58.8. The molecule has 0 radical (unpaired) electrons. The van der Waals surface area contributed by atoms with Crippen LogP contribution >= 0.6 is 68.0 Å². The Hall–Kier alpha value is -8.43. The number of imidazole rings is 1. The zero-order valence-corrected chi connectivity index (χ0v) is 49.8. The summed E-state index contributed by atoms with van der Waals surface area (Å²) in [4.78, 5) is 132. The fourth-order valence-corrected chi connectivity index (χ4v) is 14.2. The zero-order chi connectivity index (χ0) is 59.3. The lowest BCUT2D eigenvalue weighted by atomic mass is 10.0. The van der Waals surface area contributed by atoms with E-state index in [-0.39, 0.29) is 46.7 Å². The molecule has 6 amide bonds. The van der Waals surface area contributed by atoms with Crippen molar-refractivity contribution in [3.63, 3.8) is 0 Å². The highest BCUT2D eigenvalue weighted by molar-refractivity contribution is 7.19. The van der Waals surface area contributed by atoms with E-state index in [0.29, 0.717) is 73.7 Å². The van der Waals surface area contributed by atoms with Crippen LogP contribution in [0.15, 0.2) is 77.3 Å². The van der Waals surface area contributed by atoms with Crippen LogP contribution in [0, 0.1) is 12.8 Å². The number of aliphatic hydroxyl groups excluding tert-OH is 1. The van der Waals surface area contributed by atoms with Crippen LogP contribution in [0.2, 0.25) is 0 Å². The molecule has 31 heteroatoms. The molecular weight excluding hydrogens is 1200 g/mol. The topological polar surface area (TPSA) is 349 Å². The second-order valence-electron chi connectivity index (χ2n) is 18.9. The Morgan fingerprint density at radius 3 is 2.30 bits per heavy atom. The molecule has 432 valence electrons. The number of aryl methyl sites for hydroxylation is 1. The third-order valence-electron chi connectivity index (χ3n) is 12.7. The molecule has 0 aliphatic carbocycles. The maximum atomic E-state index is 14.3. The Bertz CT molecular complexity index is 3960. The van der Waals surface area contributed by atoms with Gasteiger partial charge in [0, 0.05) is 53.1 Å². The number of carboxylic acids is 1. The molecule has 1 aliphatic rings.